The molecular weight excluding hydrogens is 286 g/mol. The smallest absolute Gasteiger partial charge is 0.255 e. The first kappa shape index (κ1) is 13.4. The zero-order chi connectivity index (χ0) is 12.8. The zero-order valence-corrected chi connectivity index (χ0v) is 11.1. The van der Waals surface area contributed by atoms with Gasteiger partial charge in [-0.1, -0.05) is 5.92 Å². The number of carbonyl (C=O) groups excluding carboxylic acids is 1. The zero-order valence-electron chi connectivity index (χ0n) is 9.54. The highest BCUT2D eigenvalue weighted by Gasteiger charge is 2.16. The average Bonchev–Trinajstić information content (AvgIpc) is 2.34. The number of methoxy groups -OCH3 is 2. The van der Waals surface area contributed by atoms with Crippen molar-refractivity contribution in [3.63, 3.8) is 0 Å². The van der Waals surface area contributed by atoms with Crippen molar-refractivity contribution >= 4 is 21.8 Å². The first-order chi connectivity index (χ1) is 8.13. The summed E-state index contributed by atoms with van der Waals surface area (Å²) >= 11 is 3.31. The van der Waals surface area contributed by atoms with E-state index in [1.807, 2.05) is 0 Å². The Morgan fingerprint density at radius 3 is 2.71 bits per heavy atom. The molecule has 1 amide bonds. The van der Waals surface area contributed by atoms with Crippen molar-refractivity contribution in [1.29, 1.82) is 0 Å². The number of hydrogen-bond acceptors (Lipinski definition) is 3. The van der Waals surface area contributed by atoms with Gasteiger partial charge in [-0.2, -0.15) is 0 Å². The predicted octanol–water partition coefficient (Wildman–Crippen LogP) is 1.83. The second kappa shape index (κ2) is 6.16. The summed E-state index contributed by atoms with van der Waals surface area (Å²) < 4.78 is 10.9. The van der Waals surface area contributed by atoms with Crippen molar-refractivity contribution in [3.8, 4) is 23.8 Å². The second-order valence-electron chi connectivity index (χ2n) is 3.08. The Hall–Kier alpha value is -1.67. The van der Waals surface area contributed by atoms with E-state index in [9.17, 15) is 4.79 Å². The van der Waals surface area contributed by atoms with Crippen molar-refractivity contribution in [2.24, 2.45) is 0 Å². The van der Waals surface area contributed by atoms with Crippen LogP contribution >= 0.6 is 15.9 Å². The van der Waals surface area contributed by atoms with Gasteiger partial charge in [0.1, 0.15) is 11.5 Å². The average molecular weight is 298 g/mol. The SMILES string of the molecule is C#CCNC(=O)c1cc(OC)cc(Br)c1OC. The summed E-state index contributed by atoms with van der Waals surface area (Å²) in [5.41, 5.74) is 0.369. The van der Waals surface area contributed by atoms with Crippen LogP contribution in [-0.2, 0) is 0 Å². The van der Waals surface area contributed by atoms with Crippen LogP contribution in [-0.4, -0.2) is 26.7 Å². The minimum Gasteiger partial charge on any atom is -0.497 e. The highest BCUT2D eigenvalue weighted by atomic mass is 79.9. The Kier molecular flexibility index (Phi) is 4.85. The van der Waals surface area contributed by atoms with Crippen molar-refractivity contribution in [1.82, 2.24) is 5.32 Å². The Bertz CT molecular complexity index is 466. The highest BCUT2D eigenvalue weighted by Crippen LogP contribution is 2.33. The van der Waals surface area contributed by atoms with Crippen LogP contribution in [0.1, 0.15) is 10.4 Å². The second-order valence-corrected chi connectivity index (χ2v) is 3.93. The maximum absolute atomic E-state index is 11.8. The molecule has 0 saturated heterocycles. The van der Waals surface area contributed by atoms with Gasteiger partial charge in [0.05, 0.1) is 30.8 Å². The molecule has 0 atom stereocenters. The van der Waals surface area contributed by atoms with E-state index in [1.165, 1.54) is 14.2 Å². The number of halogens is 1. The first-order valence-corrected chi connectivity index (χ1v) is 5.56. The van der Waals surface area contributed by atoms with E-state index >= 15 is 0 Å². The van der Waals surface area contributed by atoms with Crippen molar-refractivity contribution in [2.75, 3.05) is 20.8 Å². The number of rotatable bonds is 4. The van der Waals surface area contributed by atoms with E-state index in [4.69, 9.17) is 15.9 Å². The number of nitrogens with one attached hydrogen (secondary N) is 1. The molecule has 4 nitrogen and oxygen atoms in total. The summed E-state index contributed by atoms with van der Waals surface area (Å²) in [6.45, 7) is 0.164. The Morgan fingerprint density at radius 1 is 1.47 bits per heavy atom. The van der Waals surface area contributed by atoms with Gasteiger partial charge >= 0.3 is 0 Å². The van der Waals surface area contributed by atoms with Gasteiger partial charge in [-0.05, 0) is 28.1 Å². The number of terminal acetylenes is 1. The summed E-state index contributed by atoms with van der Waals surface area (Å²) in [5.74, 6) is 3.03. The van der Waals surface area contributed by atoms with Gasteiger partial charge in [0, 0.05) is 0 Å². The van der Waals surface area contributed by atoms with Crippen LogP contribution in [0.15, 0.2) is 16.6 Å². The molecule has 0 heterocycles. The normalized spacial score (nSPS) is 9.29. The molecule has 0 saturated carbocycles. The van der Waals surface area contributed by atoms with Gasteiger partial charge in [0.2, 0.25) is 0 Å². The molecule has 0 aliphatic heterocycles. The number of benzene rings is 1. The van der Waals surface area contributed by atoms with E-state index in [0.717, 1.165) is 0 Å². The molecule has 0 unspecified atom stereocenters. The Labute approximate surface area is 108 Å². The molecule has 5 heteroatoms. The summed E-state index contributed by atoms with van der Waals surface area (Å²) in [7, 11) is 3.02. The molecule has 0 fully saturated rings. The number of ether oxygens (including phenoxy) is 2. The van der Waals surface area contributed by atoms with Crippen LogP contribution in [0, 0.1) is 12.3 Å². The van der Waals surface area contributed by atoms with Crippen molar-refractivity contribution < 1.29 is 14.3 Å². The van der Waals surface area contributed by atoms with Gasteiger partial charge in [-0.3, -0.25) is 4.79 Å². The van der Waals surface area contributed by atoms with Crippen LogP contribution in [0.2, 0.25) is 0 Å². The lowest BCUT2D eigenvalue weighted by molar-refractivity contribution is 0.0955. The first-order valence-electron chi connectivity index (χ1n) is 4.77. The van der Waals surface area contributed by atoms with Gasteiger partial charge < -0.3 is 14.8 Å². The topological polar surface area (TPSA) is 47.6 Å². The molecule has 0 aliphatic rings. The molecule has 0 aromatic heterocycles. The van der Waals surface area contributed by atoms with Crippen LogP contribution in [0.3, 0.4) is 0 Å². The summed E-state index contributed by atoms with van der Waals surface area (Å²) in [6, 6.07) is 3.31. The van der Waals surface area contributed by atoms with Crippen molar-refractivity contribution in [2.45, 2.75) is 0 Å². The minimum atomic E-state index is -0.306. The third kappa shape index (κ3) is 3.14. The molecule has 0 aliphatic carbocycles. The van der Waals surface area contributed by atoms with E-state index in [0.29, 0.717) is 21.5 Å². The number of carbonyl (C=O) groups is 1. The lowest BCUT2D eigenvalue weighted by atomic mass is 10.1. The number of hydrogen-bond donors (Lipinski definition) is 1. The Morgan fingerprint density at radius 2 is 2.18 bits per heavy atom. The molecular formula is C12H12BrNO3. The minimum absolute atomic E-state index is 0.164. The van der Waals surface area contributed by atoms with Crippen LogP contribution < -0.4 is 14.8 Å². The third-order valence-electron chi connectivity index (χ3n) is 2.05. The van der Waals surface area contributed by atoms with E-state index in [1.54, 1.807) is 12.1 Å². The van der Waals surface area contributed by atoms with Gasteiger partial charge in [-0.25, -0.2) is 0 Å². The standard InChI is InChI=1S/C12H12BrNO3/c1-4-5-14-12(15)9-6-8(16-2)7-10(13)11(9)17-3/h1,6-7H,5H2,2-3H3,(H,14,15). The molecule has 0 spiro atoms. The summed E-state index contributed by atoms with van der Waals surface area (Å²) in [6.07, 6.45) is 5.08. The molecule has 0 radical (unpaired) electrons. The number of amides is 1. The fraction of sp³-hybridized carbons (Fsp3) is 0.250. The van der Waals surface area contributed by atoms with Crippen LogP contribution in [0.4, 0.5) is 0 Å². The molecule has 0 bridgehead atoms. The van der Waals surface area contributed by atoms with Crippen LogP contribution in [0.5, 0.6) is 11.5 Å². The molecule has 1 N–H and O–H groups in total. The fourth-order valence-corrected chi connectivity index (χ4v) is 1.89. The summed E-state index contributed by atoms with van der Waals surface area (Å²) in [5, 5.41) is 2.57. The Balaban J connectivity index is 3.15. The van der Waals surface area contributed by atoms with Gasteiger partial charge in [-0.15, -0.1) is 6.42 Å². The third-order valence-corrected chi connectivity index (χ3v) is 2.64. The molecule has 1 aromatic carbocycles. The van der Waals surface area contributed by atoms with E-state index in [2.05, 4.69) is 27.2 Å². The fourth-order valence-electron chi connectivity index (χ4n) is 1.29. The largest absolute Gasteiger partial charge is 0.497 e. The lowest BCUT2D eigenvalue weighted by Gasteiger charge is -2.11. The molecule has 17 heavy (non-hydrogen) atoms. The molecule has 1 aromatic rings. The predicted molar refractivity (Wildman–Crippen MR) is 68.4 cm³/mol. The lowest BCUT2D eigenvalue weighted by Crippen LogP contribution is -2.24. The van der Waals surface area contributed by atoms with Crippen LogP contribution in [0.25, 0.3) is 0 Å². The van der Waals surface area contributed by atoms with Crippen molar-refractivity contribution in [3.05, 3.63) is 22.2 Å². The van der Waals surface area contributed by atoms with E-state index < -0.39 is 0 Å². The quantitative estimate of drug-likeness (QED) is 0.863. The molecule has 90 valence electrons. The monoisotopic (exact) mass is 297 g/mol. The van der Waals surface area contributed by atoms with E-state index in [-0.39, 0.29) is 12.5 Å². The summed E-state index contributed by atoms with van der Waals surface area (Å²) in [4.78, 5) is 11.8. The van der Waals surface area contributed by atoms with Gasteiger partial charge in [0.25, 0.3) is 5.91 Å². The maximum Gasteiger partial charge on any atom is 0.255 e. The highest BCUT2D eigenvalue weighted by molar-refractivity contribution is 9.10. The maximum atomic E-state index is 11.8. The molecule has 1 rings (SSSR count). The van der Waals surface area contributed by atoms with Gasteiger partial charge in [0.15, 0.2) is 0 Å².